The fourth-order valence-corrected chi connectivity index (χ4v) is 10.0. The van der Waals surface area contributed by atoms with Gasteiger partial charge in [-0.25, -0.2) is 14.8 Å². The van der Waals surface area contributed by atoms with Crippen molar-refractivity contribution in [3.63, 3.8) is 0 Å². The van der Waals surface area contributed by atoms with Gasteiger partial charge in [-0.3, -0.25) is 4.57 Å². The molecule has 8 aromatic carbocycles. The first-order valence-corrected chi connectivity index (χ1v) is 20.1. The molecule has 0 bridgehead atoms. The van der Waals surface area contributed by atoms with Crippen LogP contribution in [0.2, 0.25) is 0 Å². The molecule has 5 heterocycles. The maximum Gasteiger partial charge on any atom is 0.220 e. The summed E-state index contributed by atoms with van der Waals surface area (Å²) in [7, 11) is 0. The fraction of sp³-hybridized carbons (Fsp3) is 0. The number of nitriles is 1. The van der Waals surface area contributed by atoms with E-state index in [-0.39, 0.29) is 0 Å². The van der Waals surface area contributed by atoms with Gasteiger partial charge in [0, 0.05) is 55.8 Å². The van der Waals surface area contributed by atoms with E-state index >= 15 is 0 Å². The molecule has 0 saturated heterocycles. The van der Waals surface area contributed by atoms with Gasteiger partial charge in [-0.15, -0.1) is 0 Å². The highest BCUT2D eigenvalue weighted by molar-refractivity contribution is 6.33. The van der Waals surface area contributed by atoms with Crippen LogP contribution in [-0.2, 0) is 0 Å². The number of hydrogen-bond acceptors (Lipinski definition) is 4. The van der Waals surface area contributed by atoms with Crippen LogP contribution in [0.25, 0.3) is 126 Å². The van der Waals surface area contributed by atoms with Gasteiger partial charge in [0.1, 0.15) is 22.9 Å². The first-order valence-electron chi connectivity index (χ1n) is 20.1. The Labute approximate surface area is 347 Å². The standard InChI is InChI=1S/C54H28N6O/c1-56-48-44(31-14-4-2-5-15-31)41(30-55)49(59-42-22-12-10-20-35(42)39-24-25-40-36-21-11-13-23-43(36)61-52(40)50(39)59)45(32-16-6-3-7-17-32)51(48)60-53-46-37(26-28-57-53)33-18-8-9-19-34(33)38-27-29-58-54(60)47(38)46/h2-29H. The number of benzene rings is 8. The van der Waals surface area contributed by atoms with Crippen molar-refractivity contribution in [1.82, 2.24) is 19.1 Å². The van der Waals surface area contributed by atoms with E-state index in [4.69, 9.17) is 21.0 Å². The second kappa shape index (κ2) is 12.4. The van der Waals surface area contributed by atoms with Crippen LogP contribution >= 0.6 is 0 Å². The van der Waals surface area contributed by atoms with Gasteiger partial charge < -0.3 is 8.98 Å². The van der Waals surface area contributed by atoms with E-state index in [1.807, 2.05) is 91.3 Å². The predicted molar refractivity (Wildman–Crippen MR) is 246 cm³/mol. The lowest BCUT2D eigenvalue weighted by molar-refractivity contribution is 0.671. The molecule has 0 spiro atoms. The van der Waals surface area contributed by atoms with Crippen molar-refractivity contribution < 1.29 is 4.42 Å². The zero-order chi connectivity index (χ0) is 40.3. The second-order valence-corrected chi connectivity index (χ2v) is 15.4. The molecule has 5 aromatic heterocycles. The molecule has 61 heavy (non-hydrogen) atoms. The average molecular weight is 777 g/mol. The molecule has 7 nitrogen and oxygen atoms in total. The Balaban J connectivity index is 1.34. The molecule has 0 aliphatic carbocycles. The largest absolute Gasteiger partial charge is 0.454 e. The van der Waals surface area contributed by atoms with Crippen molar-refractivity contribution in [2.45, 2.75) is 0 Å². The monoisotopic (exact) mass is 776 g/mol. The maximum atomic E-state index is 11.7. The molecule has 280 valence electrons. The van der Waals surface area contributed by atoms with Gasteiger partial charge in [-0.1, -0.05) is 127 Å². The van der Waals surface area contributed by atoms with Crippen LogP contribution in [0.5, 0.6) is 0 Å². The Morgan fingerprint density at radius 3 is 1.70 bits per heavy atom. The van der Waals surface area contributed by atoms with Crippen molar-refractivity contribution in [1.29, 1.82) is 5.26 Å². The molecule has 0 amide bonds. The Hall–Kier alpha value is -8.78. The van der Waals surface area contributed by atoms with Crippen molar-refractivity contribution in [2.75, 3.05) is 0 Å². The molecule has 0 saturated carbocycles. The van der Waals surface area contributed by atoms with E-state index < -0.39 is 0 Å². The van der Waals surface area contributed by atoms with Gasteiger partial charge in [0.25, 0.3) is 0 Å². The van der Waals surface area contributed by atoms with E-state index in [0.29, 0.717) is 50.6 Å². The lowest BCUT2D eigenvalue weighted by atomic mass is 9.88. The van der Waals surface area contributed by atoms with Crippen molar-refractivity contribution in [3.05, 3.63) is 187 Å². The van der Waals surface area contributed by atoms with Crippen LogP contribution in [-0.4, -0.2) is 19.1 Å². The third-order valence-electron chi connectivity index (χ3n) is 12.4. The lowest BCUT2D eigenvalue weighted by Gasteiger charge is -2.25. The van der Waals surface area contributed by atoms with Crippen molar-refractivity contribution in [3.8, 4) is 39.7 Å². The summed E-state index contributed by atoms with van der Waals surface area (Å²) in [6, 6.07) is 55.9. The van der Waals surface area contributed by atoms with Gasteiger partial charge in [-0.2, -0.15) is 5.26 Å². The third-order valence-corrected chi connectivity index (χ3v) is 12.4. The Morgan fingerprint density at radius 2 is 1.07 bits per heavy atom. The third kappa shape index (κ3) is 4.33. The quantitative estimate of drug-likeness (QED) is 0.132. The number of hydrogen-bond donors (Lipinski definition) is 0. The lowest BCUT2D eigenvalue weighted by Crippen LogP contribution is -2.09. The first kappa shape index (κ1) is 33.2. The summed E-state index contributed by atoms with van der Waals surface area (Å²) in [5, 5.41) is 22.0. The van der Waals surface area contributed by atoms with Crippen LogP contribution in [0.3, 0.4) is 0 Å². The molecule has 0 unspecified atom stereocenters. The van der Waals surface area contributed by atoms with E-state index in [0.717, 1.165) is 81.6 Å². The number of furan rings is 1. The van der Waals surface area contributed by atoms with E-state index in [1.54, 1.807) is 0 Å². The number of aromatic nitrogens is 4. The molecule has 0 aliphatic rings. The van der Waals surface area contributed by atoms with Gasteiger partial charge in [0.2, 0.25) is 5.69 Å². The molecule has 0 radical (unpaired) electrons. The molecule has 0 N–H and O–H groups in total. The minimum absolute atomic E-state index is 0.329. The van der Waals surface area contributed by atoms with Crippen molar-refractivity contribution >= 4 is 93.0 Å². The highest BCUT2D eigenvalue weighted by atomic mass is 16.3. The molecule has 0 atom stereocenters. The minimum atomic E-state index is 0.329. The van der Waals surface area contributed by atoms with Crippen LogP contribution in [0.4, 0.5) is 5.69 Å². The first-order chi connectivity index (χ1) is 30.2. The van der Waals surface area contributed by atoms with Crippen LogP contribution in [0.15, 0.2) is 175 Å². The summed E-state index contributed by atoms with van der Waals surface area (Å²) in [6.07, 6.45) is 3.70. The normalized spacial score (nSPS) is 11.9. The van der Waals surface area contributed by atoms with Crippen LogP contribution in [0, 0.1) is 17.9 Å². The van der Waals surface area contributed by atoms with Crippen molar-refractivity contribution in [2.24, 2.45) is 0 Å². The van der Waals surface area contributed by atoms with E-state index in [1.165, 1.54) is 0 Å². The van der Waals surface area contributed by atoms with Gasteiger partial charge in [-0.05, 0) is 63.0 Å². The average Bonchev–Trinajstić information content (AvgIpc) is 3.99. The SMILES string of the molecule is [C-]#[N+]c1c(-c2ccccc2)c(C#N)c(-n2c3ccccc3c3ccc4c5ccccc5oc4c32)c(-c2ccccc2)c1-n1c2nccc3c4ccccc4c4ccnc1c4c32. The van der Waals surface area contributed by atoms with E-state index in [9.17, 15) is 5.26 Å². The molecule has 0 fully saturated rings. The van der Waals surface area contributed by atoms with E-state index in [2.05, 4.69) is 98.9 Å². The second-order valence-electron chi connectivity index (χ2n) is 15.4. The smallest absolute Gasteiger partial charge is 0.220 e. The summed E-state index contributed by atoms with van der Waals surface area (Å²) in [6.45, 7) is 9.14. The topological polar surface area (TPSA) is 76.9 Å². The van der Waals surface area contributed by atoms with Gasteiger partial charge in [0.15, 0.2) is 5.58 Å². The summed E-state index contributed by atoms with van der Waals surface area (Å²) in [5.41, 5.74) is 9.33. The summed E-state index contributed by atoms with van der Waals surface area (Å²) in [5.74, 6) is 0. The zero-order valence-corrected chi connectivity index (χ0v) is 32.3. The molecule has 0 aliphatic heterocycles. The van der Waals surface area contributed by atoms with Crippen LogP contribution in [0.1, 0.15) is 5.56 Å². The number of pyridine rings is 2. The fourth-order valence-electron chi connectivity index (χ4n) is 10.0. The molecular weight excluding hydrogens is 749 g/mol. The highest BCUT2D eigenvalue weighted by Gasteiger charge is 2.33. The summed E-state index contributed by atoms with van der Waals surface area (Å²) < 4.78 is 11.1. The predicted octanol–water partition coefficient (Wildman–Crippen LogP) is 14.1. The maximum absolute atomic E-state index is 11.7. The summed E-state index contributed by atoms with van der Waals surface area (Å²) >= 11 is 0. The zero-order valence-electron chi connectivity index (χ0n) is 32.3. The molecule has 13 aromatic rings. The summed E-state index contributed by atoms with van der Waals surface area (Å²) in [4.78, 5) is 14.7. The highest BCUT2D eigenvalue weighted by Crippen LogP contribution is 2.53. The Morgan fingerprint density at radius 1 is 0.508 bits per heavy atom. The van der Waals surface area contributed by atoms with Gasteiger partial charge in [0.05, 0.1) is 34.5 Å². The Bertz CT molecular complexity index is 3980. The minimum Gasteiger partial charge on any atom is -0.454 e. The Kier molecular flexibility index (Phi) is 6.73. The number of rotatable bonds is 4. The molecule has 7 heteroatoms. The van der Waals surface area contributed by atoms with Crippen LogP contribution < -0.4 is 0 Å². The van der Waals surface area contributed by atoms with Gasteiger partial charge >= 0.3 is 0 Å². The number of nitrogens with zero attached hydrogens (tertiary/aromatic N) is 6. The number of para-hydroxylation sites is 2. The molecule has 13 rings (SSSR count). The molecular formula is C54H28N6O. The number of fused-ring (bicyclic) bond motifs is 10.